The molecule has 6 saturated heterocycles. The zero-order chi connectivity index (χ0) is 30.5. The minimum Gasteiger partial charge on any atom is -0.459 e. The SMILES string of the molecule is C=C(C)[C@]12O[C@]34CCCCCCC[C@H](C)[C@H]5[C@H]6[C@@]7(O[C@@]5(C)OC7=O)[C@@H](O)[C@]5(CO)O[C@@H]5[C@H]([C@@H]1O3)[C@@]6(O4)[C@@H](C)[C@@H]2OC(C)=O. The second-order valence-corrected chi connectivity index (χ2v) is 14.8. The molecule has 2 saturated carbocycles. The van der Waals surface area contributed by atoms with Crippen molar-refractivity contribution < 1.29 is 53.0 Å². The van der Waals surface area contributed by atoms with E-state index in [2.05, 4.69) is 13.5 Å². The molecule has 238 valence electrons. The van der Waals surface area contributed by atoms with Gasteiger partial charge in [-0.3, -0.25) is 4.79 Å². The summed E-state index contributed by atoms with van der Waals surface area (Å²) in [6.07, 6.45) is 2.20. The summed E-state index contributed by atoms with van der Waals surface area (Å²) >= 11 is 0. The average molecular weight is 605 g/mol. The number of rotatable bonds is 3. The fraction of sp³-hybridized carbons (Fsp3) is 0.875. The molecule has 8 rings (SSSR count). The smallest absolute Gasteiger partial charge is 0.344 e. The fourth-order valence-corrected chi connectivity index (χ4v) is 11.1. The van der Waals surface area contributed by atoms with E-state index < -0.39 is 94.9 Å². The Kier molecular flexibility index (Phi) is 5.77. The van der Waals surface area contributed by atoms with Crippen molar-refractivity contribution in [2.45, 2.75) is 138 Å². The highest BCUT2D eigenvalue weighted by Gasteiger charge is 2.95. The number of epoxide rings is 1. The van der Waals surface area contributed by atoms with Crippen LogP contribution in [0.25, 0.3) is 0 Å². The van der Waals surface area contributed by atoms with Gasteiger partial charge >= 0.3 is 11.9 Å². The van der Waals surface area contributed by atoms with Crippen molar-refractivity contribution >= 4 is 11.9 Å². The van der Waals surface area contributed by atoms with E-state index in [-0.39, 0.29) is 11.8 Å². The summed E-state index contributed by atoms with van der Waals surface area (Å²) in [5.41, 5.74) is -5.36. The van der Waals surface area contributed by atoms with Gasteiger partial charge in [-0.15, -0.1) is 0 Å². The predicted octanol–water partition coefficient (Wildman–Crippen LogP) is 2.50. The van der Waals surface area contributed by atoms with E-state index in [0.717, 1.165) is 38.5 Å². The fourth-order valence-electron chi connectivity index (χ4n) is 11.1. The molecule has 0 aromatic heterocycles. The average Bonchev–Trinajstić information content (AvgIpc) is 3.43. The zero-order valence-corrected chi connectivity index (χ0v) is 25.6. The molecule has 0 unspecified atom stereocenters. The molecule has 11 heteroatoms. The molecule has 6 aliphatic heterocycles. The lowest BCUT2D eigenvalue weighted by molar-refractivity contribution is -0.436. The maximum atomic E-state index is 14.2. The number of hydrogen-bond donors (Lipinski definition) is 2. The highest BCUT2D eigenvalue weighted by atomic mass is 16.9. The van der Waals surface area contributed by atoms with Crippen LogP contribution < -0.4 is 0 Å². The Labute approximate surface area is 251 Å². The van der Waals surface area contributed by atoms with Crippen molar-refractivity contribution in [1.29, 1.82) is 0 Å². The number of hydrogen-bond acceptors (Lipinski definition) is 11. The van der Waals surface area contributed by atoms with Crippen LogP contribution in [0.3, 0.4) is 0 Å². The van der Waals surface area contributed by atoms with Gasteiger partial charge in [0.1, 0.15) is 30.0 Å². The first-order chi connectivity index (χ1) is 20.3. The van der Waals surface area contributed by atoms with Gasteiger partial charge in [-0.1, -0.05) is 52.5 Å². The third kappa shape index (κ3) is 3.07. The lowest BCUT2D eigenvalue weighted by Crippen LogP contribution is -2.78. The molecule has 5 bridgehead atoms. The minimum absolute atomic E-state index is 0.0153. The van der Waals surface area contributed by atoms with Gasteiger partial charge in [0.2, 0.25) is 11.4 Å². The molecular weight excluding hydrogens is 560 g/mol. The number of carbonyl (C=O) groups excluding carboxylic acids is 2. The number of esters is 2. The van der Waals surface area contributed by atoms with Gasteiger partial charge in [-0.05, 0) is 24.8 Å². The predicted molar refractivity (Wildman–Crippen MR) is 146 cm³/mol. The summed E-state index contributed by atoms with van der Waals surface area (Å²) in [5, 5.41) is 23.2. The summed E-state index contributed by atoms with van der Waals surface area (Å²) in [6.45, 7) is 12.9. The number of aliphatic hydroxyl groups is 2. The topological polar surface area (TPSA) is 143 Å². The van der Waals surface area contributed by atoms with E-state index in [9.17, 15) is 19.8 Å². The Morgan fingerprint density at radius 2 is 1.74 bits per heavy atom. The molecule has 0 radical (unpaired) electrons. The minimum atomic E-state index is -1.89. The molecule has 0 amide bonds. The molecule has 0 aromatic rings. The Balaban J connectivity index is 1.45. The van der Waals surface area contributed by atoms with E-state index in [4.69, 9.17) is 33.2 Å². The van der Waals surface area contributed by atoms with E-state index in [1.165, 1.54) is 6.92 Å². The first-order valence-corrected chi connectivity index (χ1v) is 16.1. The van der Waals surface area contributed by atoms with Crippen LogP contribution >= 0.6 is 0 Å². The van der Waals surface area contributed by atoms with Crippen molar-refractivity contribution in [2.24, 2.45) is 29.6 Å². The molecule has 15 atom stereocenters. The van der Waals surface area contributed by atoms with E-state index in [0.29, 0.717) is 12.0 Å². The van der Waals surface area contributed by atoms with E-state index in [1.54, 1.807) is 6.92 Å². The van der Waals surface area contributed by atoms with Crippen LogP contribution in [0.4, 0.5) is 0 Å². The molecule has 8 fully saturated rings. The number of ether oxygens (including phenoxy) is 7. The summed E-state index contributed by atoms with van der Waals surface area (Å²) in [5.74, 6) is -6.35. The van der Waals surface area contributed by atoms with Gasteiger partial charge in [0.05, 0.1) is 12.2 Å². The standard InChI is InChI=1S/C32H44O11/c1-15(2)30-22(37-18(5)34)17(4)31-20-23-28(14-33,38-23)25(35)32-21(31)19(27(6,41-32)40-26(32)36)16(3)12-10-8-7-9-11-13-29(42-30,43-31)39-24(20)30/h16-17,19-25,33,35H,1,7-14H2,2-6H3/t16-,17-,19-,20+,21+,22-,23+,24-,25-,27+,28+,29-,30+,31-,32+/m0/s1. The highest BCUT2D eigenvalue weighted by molar-refractivity contribution is 5.86. The zero-order valence-electron chi connectivity index (χ0n) is 25.6. The monoisotopic (exact) mass is 604 g/mol. The van der Waals surface area contributed by atoms with E-state index in [1.807, 2.05) is 13.8 Å². The van der Waals surface area contributed by atoms with Crippen LogP contribution in [0.15, 0.2) is 12.2 Å². The normalized spacial score (nSPS) is 59.2. The highest BCUT2D eigenvalue weighted by Crippen LogP contribution is 2.77. The molecule has 3 spiro atoms. The lowest BCUT2D eigenvalue weighted by atomic mass is 9.49. The quantitative estimate of drug-likeness (QED) is 0.279. The maximum absolute atomic E-state index is 14.2. The van der Waals surface area contributed by atoms with Crippen LogP contribution in [0, 0.1) is 29.6 Å². The summed E-state index contributed by atoms with van der Waals surface area (Å²) in [6, 6.07) is 0. The molecule has 6 heterocycles. The van der Waals surface area contributed by atoms with Crippen LogP contribution in [-0.4, -0.2) is 87.3 Å². The first-order valence-electron chi connectivity index (χ1n) is 16.1. The molecule has 2 aliphatic carbocycles. The first kappa shape index (κ1) is 28.8. The maximum Gasteiger partial charge on any atom is 0.344 e. The van der Waals surface area contributed by atoms with Crippen molar-refractivity contribution in [3.8, 4) is 0 Å². The Morgan fingerprint density at radius 1 is 1.02 bits per heavy atom. The molecule has 11 nitrogen and oxygen atoms in total. The van der Waals surface area contributed by atoms with Crippen LogP contribution in [0.1, 0.15) is 79.6 Å². The Bertz CT molecular complexity index is 1290. The summed E-state index contributed by atoms with van der Waals surface area (Å²) < 4.78 is 46.5. The van der Waals surface area contributed by atoms with Crippen LogP contribution in [-0.2, 0) is 42.7 Å². The summed E-state index contributed by atoms with van der Waals surface area (Å²) in [7, 11) is 0. The number of carbonyl (C=O) groups is 2. The number of fused-ring (bicyclic) bond motifs is 3. The Morgan fingerprint density at radius 3 is 2.44 bits per heavy atom. The van der Waals surface area contributed by atoms with Crippen LogP contribution in [0.5, 0.6) is 0 Å². The Hall–Kier alpha value is -1.60. The number of aliphatic hydroxyl groups excluding tert-OH is 2. The third-order valence-corrected chi connectivity index (χ3v) is 12.6. The van der Waals surface area contributed by atoms with E-state index >= 15 is 0 Å². The lowest BCUT2D eigenvalue weighted by Gasteiger charge is -2.63. The second kappa shape index (κ2) is 8.60. The van der Waals surface area contributed by atoms with Crippen molar-refractivity contribution in [3.05, 3.63) is 12.2 Å². The van der Waals surface area contributed by atoms with Crippen molar-refractivity contribution in [3.63, 3.8) is 0 Å². The van der Waals surface area contributed by atoms with Gasteiger partial charge in [0.25, 0.3) is 5.97 Å². The van der Waals surface area contributed by atoms with Crippen molar-refractivity contribution in [1.82, 2.24) is 0 Å². The van der Waals surface area contributed by atoms with Gasteiger partial charge < -0.3 is 43.4 Å². The molecule has 43 heavy (non-hydrogen) atoms. The second-order valence-electron chi connectivity index (χ2n) is 14.8. The third-order valence-electron chi connectivity index (χ3n) is 12.6. The van der Waals surface area contributed by atoms with Gasteiger partial charge in [-0.2, -0.15) is 0 Å². The largest absolute Gasteiger partial charge is 0.459 e. The van der Waals surface area contributed by atoms with Crippen molar-refractivity contribution in [2.75, 3.05) is 6.61 Å². The van der Waals surface area contributed by atoms with Gasteiger partial charge in [0, 0.05) is 43.9 Å². The molecule has 2 N–H and O–H groups in total. The molecule has 8 aliphatic rings. The van der Waals surface area contributed by atoms with Gasteiger partial charge in [-0.25, -0.2) is 4.79 Å². The molecular formula is C32H44O11. The summed E-state index contributed by atoms with van der Waals surface area (Å²) in [4.78, 5) is 26.9. The van der Waals surface area contributed by atoms with Crippen LogP contribution in [0.2, 0.25) is 0 Å². The van der Waals surface area contributed by atoms with Gasteiger partial charge in [0.15, 0.2) is 5.60 Å². The molecule has 0 aromatic carbocycles.